The fourth-order valence-electron chi connectivity index (χ4n) is 3.86. The van der Waals surface area contributed by atoms with Crippen LogP contribution in [0, 0.1) is 0 Å². The Bertz CT molecular complexity index is 633. The van der Waals surface area contributed by atoms with Gasteiger partial charge in [0.25, 0.3) is 5.91 Å². The SMILES string of the molecule is CN(C)CC(=O)N1CCc2[nH]nc(C(=O)N(C)C3CCCCC3)c2C1. The topological polar surface area (TPSA) is 72.5 Å². The molecule has 2 aliphatic rings. The van der Waals surface area contributed by atoms with Gasteiger partial charge in [-0.15, -0.1) is 0 Å². The van der Waals surface area contributed by atoms with Gasteiger partial charge >= 0.3 is 0 Å². The summed E-state index contributed by atoms with van der Waals surface area (Å²) in [6.45, 7) is 1.53. The number of fused-ring (bicyclic) bond motifs is 1. The molecule has 0 spiro atoms. The zero-order valence-electron chi connectivity index (χ0n) is 15.5. The third-order valence-electron chi connectivity index (χ3n) is 5.38. The van der Waals surface area contributed by atoms with Crippen molar-refractivity contribution in [3.8, 4) is 0 Å². The van der Waals surface area contributed by atoms with Gasteiger partial charge in [0.1, 0.15) is 0 Å². The van der Waals surface area contributed by atoms with Crippen LogP contribution in [0.2, 0.25) is 0 Å². The zero-order chi connectivity index (χ0) is 18.0. The first kappa shape index (κ1) is 17.9. The Labute approximate surface area is 149 Å². The van der Waals surface area contributed by atoms with Gasteiger partial charge in [0, 0.05) is 43.9 Å². The highest BCUT2D eigenvalue weighted by Crippen LogP contribution is 2.25. The van der Waals surface area contributed by atoms with Crippen molar-refractivity contribution in [2.75, 3.05) is 34.2 Å². The van der Waals surface area contributed by atoms with Crippen molar-refractivity contribution in [2.45, 2.75) is 51.1 Å². The normalized spacial score (nSPS) is 18.3. The third-order valence-corrected chi connectivity index (χ3v) is 5.38. The van der Waals surface area contributed by atoms with E-state index in [1.807, 2.05) is 35.8 Å². The van der Waals surface area contributed by atoms with Crippen LogP contribution in [-0.2, 0) is 17.8 Å². The van der Waals surface area contributed by atoms with Crippen molar-refractivity contribution in [2.24, 2.45) is 0 Å². The van der Waals surface area contributed by atoms with Gasteiger partial charge in [0.2, 0.25) is 5.91 Å². The second-order valence-corrected chi connectivity index (χ2v) is 7.54. The van der Waals surface area contributed by atoms with Crippen molar-refractivity contribution in [3.05, 3.63) is 17.0 Å². The summed E-state index contributed by atoms with van der Waals surface area (Å²) in [5.74, 6) is 0.0715. The molecule has 1 aromatic rings. The molecule has 25 heavy (non-hydrogen) atoms. The lowest BCUT2D eigenvalue weighted by Gasteiger charge is -2.32. The molecule has 0 unspecified atom stereocenters. The number of H-pyrrole nitrogens is 1. The lowest BCUT2D eigenvalue weighted by Crippen LogP contribution is -2.42. The maximum atomic E-state index is 13.0. The van der Waals surface area contributed by atoms with E-state index in [2.05, 4.69) is 10.2 Å². The molecular formula is C18H29N5O2. The minimum absolute atomic E-state index is 0.0219. The number of carbonyl (C=O) groups excluding carboxylic acids is 2. The molecular weight excluding hydrogens is 318 g/mol. The summed E-state index contributed by atoms with van der Waals surface area (Å²) in [5.41, 5.74) is 2.38. The van der Waals surface area contributed by atoms with Gasteiger partial charge in [0.15, 0.2) is 5.69 Å². The molecule has 1 aliphatic heterocycles. The molecule has 1 fully saturated rings. The maximum Gasteiger partial charge on any atom is 0.274 e. The molecule has 2 amide bonds. The van der Waals surface area contributed by atoms with Gasteiger partial charge in [-0.2, -0.15) is 5.10 Å². The Kier molecular flexibility index (Phi) is 5.42. The molecule has 1 saturated carbocycles. The summed E-state index contributed by atoms with van der Waals surface area (Å²) in [6, 6.07) is 0.309. The molecule has 3 rings (SSSR count). The summed E-state index contributed by atoms with van der Waals surface area (Å²) >= 11 is 0. The van der Waals surface area contributed by atoms with Crippen LogP contribution >= 0.6 is 0 Å². The highest BCUT2D eigenvalue weighted by atomic mass is 16.2. The van der Waals surface area contributed by atoms with Crippen molar-refractivity contribution < 1.29 is 9.59 Å². The van der Waals surface area contributed by atoms with Gasteiger partial charge in [-0.05, 0) is 26.9 Å². The fraction of sp³-hybridized carbons (Fsp3) is 0.722. The van der Waals surface area contributed by atoms with E-state index in [1.165, 1.54) is 19.3 Å². The van der Waals surface area contributed by atoms with E-state index in [0.29, 0.717) is 31.4 Å². The number of likely N-dealkylation sites (N-methyl/N-ethyl adjacent to an activating group) is 1. The molecule has 0 atom stereocenters. The Balaban J connectivity index is 1.73. The summed E-state index contributed by atoms with van der Waals surface area (Å²) in [6.07, 6.45) is 6.51. The smallest absolute Gasteiger partial charge is 0.274 e. The van der Waals surface area contributed by atoms with Crippen LogP contribution in [0.5, 0.6) is 0 Å². The molecule has 0 bridgehead atoms. The zero-order valence-corrected chi connectivity index (χ0v) is 15.5. The molecule has 0 radical (unpaired) electrons. The molecule has 138 valence electrons. The van der Waals surface area contributed by atoms with Gasteiger partial charge in [-0.3, -0.25) is 14.7 Å². The molecule has 7 heteroatoms. The van der Waals surface area contributed by atoms with E-state index < -0.39 is 0 Å². The van der Waals surface area contributed by atoms with Crippen LogP contribution in [0.3, 0.4) is 0 Å². The molecule has 1 N–H and O–H groups in total. The minimum Gasteiger partial charge on any atom is -0.337 e. The number of rotatable bonds is 4. The van der Waals surface area contributed by atoms with Crippen LogP contribution in [0.1, 0.15) is 53.8 Å². The molecule has 2 heterocycles. The standard InChI is InChI=1S/C18H29N5O2/c1-21(2)12-16(24)23-10-9-15-14(11-23)17(20-19-15)18(25)22(3)13-7-5-4-6-8-13/h13H,4-12H2,1-3H3,(H,19,20). The van der Waals surface area contributed by atoms with Crippen molar-refractivity contribution in [1.82, 2.24) is 24.9 Å². The first-order chi connectivity index (χ1) is 12.0. The van der Waals surface area contributed by atoms with Crippen LogP contribution in [0.4, 0.5) is 0 Å². The molecule has 1 aromatic heterocycles. The Hall–Kier alpha value is -1.89. The first-order valence-electron chi connectivity index (χ1n) is 9.23. The highest BCUT2D eigenvalue weighted by molar-refractivity contribution is 5.94. The Morgan fingerprint density at radius 3 is 2.60 bits per heavy atom. The molecule has 1 aliphatic carbocycles. The number of hydrogen-bond donors (Lipinski definition) is 1. The fourth-order valence-corrected chi connectivity index (χ4v) is 3.86. The number of aromatic amines is 1. The number of hydrogen-bond acceptors (Lipinski definition) is 4. The van der Waals surface area contributed by atoms with Crippen molar-refractivity contribution in [1.29, 1.82) is 0 Å². The average Bonchev–Trinajstić information content (AvgIpc) is 3.03. The second kappa shape index (κ2) is 7.56. The number of amides is 2. The molecule has 0 aromatic carbocycles. The maximum absolute atomic E-state index is 13.0. The van der Waals surface area contributed by atoms with Crippen molar-refractivity contribution in [3.63, 3.8) is 0 Å². The third kappa shape index (κ3) is 3.86. The van der Waals surface area contributed by atoms with Gasteiger partial charge in [0.05, 0.1) is 6.54 Å². The van der Waals surface area contributed by atoms with Crippen LogP contribution in [0.15, 0.2) is 0 Å². The summed E-state index contributed by atoms with van der Waals surface area (Å²) in [5, 5.41) is 7.32. The molecule has 7 nitrogen and oxygen atoms in total. The predicted molar refractivity (Wildman–Crippen MR) is 95.2 cm³/mol. The largest absolute Gasteiger partial charge is 0.337 e. The number of aromatic nitrogens is 2. The summed E-state index contributed by atoms with van der Waals surface area (Å²) in [7, 11) is 5.66. The predicted octanol–water partition coefficient (Wildman–Crippen LogP) is 1.26. The number of nitrogens with one attached hydrogen (secondary N) is 1. The van der Waals surface area contributed by atoms with E-state index >= 15 is 0 Å². The highest BCUT2D eigenvalue weighted by Gasteiger charge is 2.31. The Morgan fingerprint density at radius 1 is 1.20 bits per heavy atom. The summed E-state index contributed by atoms with van der Waals surface area (Å²) in [4.78, 5) is 30.9. The second-order valence-electron chi connectivity index (χ2n) is 7.54. The summed E-state index contributed by atoms with van der Waals surface area (Å²) < 4.78 is 0. The first-order valence-corrected chi connectivity index (χ1v) is 9.23. The monoisotopic (exact) mass is 347 g/mol. The van der Waals surface area contributed by atoms with E-state index in [9.17, 15) is 9.59 Å². The Morgan fingerprint density at radius 2 is 1.92 bits per heavy atom. The van der Waals surface area contributed by atoms with Crippen molar-refractivity contribution >= 4 is 11.8 Å². The van der Waals surface area contributed by atoms with Crippen LogP contribution in [-0.4, -0.2) is 77.0 Å². The van der Waals surface area contributed by atoms with E-state index in [0.717, 1.165) is 30.5 Å². The van der Waals surface area contributed by atoms with Crippen LogP contribution in [0.25, 0.3) is 0 Å². The van der Waals surface area contributed by atoms with Gasteiger partial charge < -0.3 is 14.7 Å². The van der Waals surface area contributed by atoms with E-state index in [1.54, 1.807) is 0 Å². The van der Waals surface area contributed by atoms with Gasteiger partial charge in [-0.25, -0.2) is 0 Å². The van der Waals surface area contributed by atoms with Gasteiger partial charge in [-0.1, -0.05) is 19.3 Å². The van der Waals surface area contributed by atoms with E-state index in [-0.39, 0.29) is 11.8 Å². The number of nitrogens with zero attached hydrogens (tertiary/aromatic N) is 4. The average molecular weight is 347 g/mol. The minimum atomic E-state index is -0.0219. The molecule has 0 saturated heterocycles. The quantitative estimate of drug-likeness (QED) is 0.890. The lowest BCUT2D eigenvalue weighted by atomic mass is 9.94. The number of carbonyl (C=O) groups is 2. The van der Waals surface area contributed by atoms with Crippen LogP contribution < -0.4 is 0 Å². The van der Waals surface area contributed by atoms with E-state index in [4.69, 9.17) is 0 Å². The lowest BCUT2D eigenvalue weighted by molar-refractivity contribution is -0.132.